The molecule has 4 heteroatoms. The minimum Gasteiger partial charge on any atom is -0.469 e. The number of carbonyl (C=O) groups excluding carboxylic acids is 2. The fourth-order valence-corrected chi connectivity index (χ4v) is 4.20. The van der Waals surface area contributed by atoms with Crippen molar-refractivity contribution in [2.24, 2.45) is 16.7 Å². The van der Waals surface area contributed by atoms with Crippen LogP contribution in [-0.4, -0.2) is 30.1 Å². The van der Waals surface area contributed by atoms with Gasteiger partial charge in [0, 0.05) is 0 Å². The van der Waals surface area contributed by atoms with Gasteiger partial charge < -0.3 is 9.84 Å². The molecule has 0 saturated heterocycles. The van der Waals surface area contributed by atoms with E-state index < -0.39 is 11.0 Å². The summed E-state index contributed by atoms with van der Waals surface area (Å²) in [6.45, 7) is 6.09. The SMILES string of the molecule is COC(=O)[C@]12CCC(C)(C)C[C@H]1/C(=C\C=O)[C@@](C)(O)CC2. The van der Waals surface area contributed by atoms with Gasteiger partial charge in [-0.1, -0.05) is 13.8 Å². The van der Waals surface area contributed by atoms with Crippen molar-refractivity contribution >= 4 is 12.3 Å². The first-order chi connectivity index (χ1) is 9.68. The largest absolute Gasteiger partial charge is 0.469 e. The molecule has 0 radical (unpaired) electrons. The Labute approximate surface area is 126 Å². The lowest BCUT2D eigenvalue weighted by Gasteiger charge is -2.54. The molecule has 0 aromatic rings. The second kappa shape index (κ2) is 5.24. The summed E-state index contributed by atoms with van der Waals surface area (Å²) < 4.78 is 5.08. The van der Waals surface area contributed by atoms with E-state index in [2.05, 4.69) is 13.8 Å². The van der Waals surface area contributed by atoms with Gasteiger partial charge in [0.25, 0.3) is 0 Å². The van der Waals surface area contributed by atoms with Crippen LogP contribution >= 0.6 is 0 Å². The van der Waals surface area contributed by atoms with Crippen LogP contribution in [0.5, 0.6) is 0 Å². The van der Waals surface area contributed by atoms with Gasteiger partial charge in [-0.2, -0.15) is 0 Å². The normalized spacial score (nSPS) is 40.4. The van der Waals surface area contributed by atoms with Crippen LogP contribution in [0.15, 0.2) is 11.6 Å². The minimum atomic E-state index is -1.02. The van der Waals surface area contributed by atoms with Crippen molar-refractivity contribution in [3.63, 3.8) is 0 Å². The number of rotatable bonds is 2. The molecule has 2 fully saturated rings. The number of allylic oxidation sites excluding steroid dienone is 1. The van der Waals surface area contributed by atoms with Gasteiger partial charge in [-0.3, -0.25) is 9.59 Å². The first kappa shape index (κ1) is 16.2. The van der Waals surface area contributed by atoms with E-state index in [1.54, 1.807) is 6.92 Å². The molecule has 0 spiro atoms. The first-order valence-electron chi connectivity index (χ1n) is 7.65. The smallest absolute Gasteiger partial charge is 0.312 e. The van der Waals surface area contributed by atoms with Crippen molar-refractivity contribution < 1.29 is 19.4 Å². The highest BCUT2D eigenvalue weighted by Crippen LogP contribution is 2.59. The number of esters is 1. The summed E-state index contributed by atoms with van der Waals surface area (Å²) in [5, 5.41) is 10.7. The van der Waals surface area contributed by atoms with Gasteiger partial charge in [-0.15, -0.1) is 0 Å². The van der Waals surface area contributed by atoms with Gasteiger partial charge in [-0.05, 0) is 62.0 Å². The third kappa shape index (κ3) is 2.66. The molecule has 4 nitrogen and oxygen atoms in total. The highest BCUT2D eigenvalue weighted by atomic mass is 16.5. The predicted molar refractivity (Wildman–Crippen MR) is 79.6 cm³/mol. The predicted octanol–water partition coefficient (Wildman–Crippen LogP) is 2.64. The molecule has 0 aromatic heterocycles. The maximum atomic E-state index is 12.5. The Morgan fingerprint density at radius 1 is 1.24 bits per heavy atom. The maximum Gasteiger partial charge on any atom is 0.312 e. The van der Waals surface area contributed by atoms with Gasteiger partial charge in [-0.25, -0.2) is 0 Å². The third-order valence-electron chi connectivity index (χ3n) is 5.57. The summed E-state index contributed by atoms with van der Waals surface area (Å²) in [6, 6.07) is 0. The molecule has 2 saturated carbocycles. The lowest BCUT2D eigenvalue weighted by Crippen LogP contribution is -2.54. The molecular weight excluding hydrogens is 268 g/mol. The Morgan fingerprint density at radius 3 is 2.43 bits per heavy atom. The van der Waals surface area contributed by atoms with Crippen LogP contribution in [0.2, 0.25) is 0 Å². The first-order valence-corrected chi connectivity index (χ1v) is 7.65. The molecule has 118 valence electrons. The van der Waals surface area contributed by atoms with E-state index in [-0.39, 0.29) is 17.3 Å². The van der Waals surface area contributed by atoms with E-state index in [0.717, 1.165) is 25.5 Å². The third-order valence-corrected chi connectivity index (χ3v) is 5.57. The number of fused-ring (bicyclic) bond motifs is 1. The van der Waals surface area contributed by atoms with Crippen LogP contribution in [0, 0.1) is 16.7 Å². The number of methoxy groups -OCH3 is 1. The van der Waals surface area contributed by atoms with Crippen molar-refractivity contribution in [1.82, 2.24) is 0 Å². The Balaban J connectivity index is 2.52. The second-order valence-corrected chi connectivity index (χ2v) is 7.60. The van der Waals surface area contributed by atoms with E-state index >= 15 is 0 Å². The number of aldehydes is 1. The summed E-state index contributed by atoms with van der Waals surface area (Å²) in [5.41, 5.74) is -0.808. The quantitative estimate of drug-likeness (QED) is 0.483. The minimum absolute atomic E-state index is 0.0948. The molecule has 0 bridgehead atoms. The van der Waals surface area contributed by atoms with Crippen LogP contribution in [0.4, 0.5) is 0 Å². The number of carbonyl (C=O) groups is 2. The van der Waals surface area contributed by atoms with Crippen LogP contribution in [0.3, 0.4) is 0 Å². The monoisotopic (exact) mass is 294 g/mol. The summed E-state index contributed by atoms with van der Waals surface area (Å²) in [4.78, 5) is 23.5. The molecule has 2 aliphatic rings. The maximum absolute atomic E-state index is 12.5. The fraction of sp³-hybridized carbons (Fsp3) is 0.765. The summed E-state index contributed by atoms with van der Waals surface area (Å²) >= 11 is 0. The van der Waals surface area contributed by atoms with E-state index in [1.807, 2.05) is 0 Å². The van der Waals surface area contributed by atoms with Crippen LogP contribution in [0.1, 0.15) is 52.9 Å². The molecule has 2 rings (SSSR count). The van der Waals surface area contributed by atoms with Crippen molar-refractivity contribution in [2.75, 3.05) is 7.11 Å². The Kier molecular flexibility index (Phi) is 4.04. The van der Waals surface area contributed by atoms with Crippen molar-refractivity contribution in [1.29, 1.82) is 0 Å². The van der Waals surface area contributed by atoms with Gasteiger partial charge in [0.15, 0.2) is 0 Å². The van der Waals surface area contributed by atoms with Crippen LogP contribution in [0.25, 0.3) is 0 Å². The summed E-state index contributed by atoms with van der Waals surface area (Å²) in [7, 11) is 1.42. The van der Waals surface area contributed by atoms with Gasteiger partial charge >= 0.3 is 5.97 Å². The standard InChI is InChI=1S/C17H26O4/c1-15(2)6-8-17(14(19)21-4)9-7-16(3,20)12(5-10-18)13(17)11-15/h5,10,13,20H,6-9,11H2,1-4H3/b12-5+/t13-,16-,17-/m0/s1. The molecule has 2 aliphatic carbocycles. The molecule has 3 atom stereocenters. The van der Waals surface area contributed by atoms with Gasteiger partial charge in [0.05, 0.1) is 18.1 Å². The lowest BCUT2D eigenvalue weighted by atomic mass is 9.50. The Morgan fingerprint density at radius 2 is 1.86 bits per heavy atom. The van der Waals surface area contributed by atoms with Crippen LogP contribution < -0.4 is 0 Å². The van der Waals surface area contributed by atoms with Gasteiger partial charge in [0.2, 0.25) is 0 Å². The average Bonchev–Trinajstić information content (AvgIpc) is 2.41. The zero-order chi connectivity index (χ0) is 15.9. The molecule has 0 aromatic carbocycles. The zero-order valence-corrected chi connectivity index (χ0v) is 13.4. The molecule has 21 heavy (non-hydrogen) atoms. The average molecular weight is 294 g/mol. The van der Waals surface area contributed by atoms with E-state index in [1.165, 1.54) is 13.2 Å². The molecule has 1 N–H and O–H groups in total. The van der Waals surface area contributed by atoms with E-state index in [0.29, 0.717) is 18.4 Å². The van der Waals surface area contributed by atoms with Crippen LogP contribution in [-0.2, 0) is 14.3 Å². The van der Waals surface area contributed by atoms with E-state index in [4.69, 9.17) is 4.74 Å². The molecule has 0 unspecified atom stereocenters. The zero-order valence-electron chi connectivity index (χ0n) is 13.4. The number of aliphatic hydroxyl groups is 1. The number of hydrogen-bond acceptors (Lipinski definition) is 4. The van der Waals surface area contributed by atoms with Crippen molar-refractivity contribution in [2.45, 2.75) is 58.5 Å². The Hall–Kier alpha value is -1.16. The topological polar surface area (TPSA) is 63.6 Å². The highest BCUT2D eigenvalue weighted by molar-refractivity contribution is 5.79. The fourth-order valence-electron chi connectivity index (χ4n) is 4.20. The molecule has 0 heterocycles. The molecule has 0 aliphatic heterocycles. The summed E-state index contributed by atoms with van der Waals surface area (Å²) in [5.74, 6) is -0.321. The second-order valence-electron chi connectivity index (χ2n) is 7.60. The van der Waals surface area contributed by atoms with Gasteiger partial charge in [0.1, 0.15) is 6.29 Å². The van der Waals surface area contributed by atoms with Crippen molar-refractivity contribution in [3.8, 4) is 0 Å². The molecular formula is C17H26O4. The lowest BCUT2D eigenvalue weighted by molar-refractivity contribution is -0.166. The number of hydrogen-bond donors (Lipinski definition) is 1. The summed E-state index contributed by atoms with van der Waals surface area (Å²) in [6.07, 6.45) is 5.78. The Bertz CT molecular complexity index is 471. The highest BCUT2D eigenvalue weighted by Gasteiger charge is 2.58. The number of ether oxygens (including phenoxy) is 1. The molecule has 0 amide bonds. The van der Waals surface area contributed by atoms with Crippen molar-refractivity contribution in [3.05, 3.63) is 11.6 Å². The van der Waals surface area contributed by atoms with E-state index in [9.17, 15) is 14.7 Å².